The molecule has 1 N–H and O–H groups in total. The molecule has 0 bridgehead atoms. The maximum absolute atomic E-state index is 5.33. The minimum atomic E-state index is 0.793. The Balaban J connectivity index is 1.46. The van der Waals surface area contributed by atoms with Crippen molar-refractivity contribution in [1.82, 2.24) is 15.0 Å². The number of H-pyrrole nitrogens is 1. The molecule has 0 radical (unpaired) electrons. The van der Waals surface area contributed by atoms with Gasteiger partial charge in [0.25, 0.3) is 0 Å². The zero-order chi connectivity index (χ0) is 17.8. The fourth-order valence-electron chi connectivity index (χ4n) is 3.44. The summed E-state index contributed by atoms with van der Waals surface area (Å²) in [6.45, 7) is 0. The van der Waals surface area contributed by atoms with Crippen molar-refractivity contribution in [1.29, 1.82) is 0 Å². The van der Waals surface area contributed by atoms with E-state index in [1.165, 1.54) is 16.5 Å². The summed E-state index contributed by atoms with van der Waals surface area (Å²) in [6, 6.07) is 22.9. The lowest BCUT2D eigenvalue weighted by Crippen LogP contribution is -1.78. The zero-order valence-electron chi connectivity index (χ0n) is 14.1. The molecule has 5 heteroatoms. The topological polar surface area (TPSA) is 54.7 Å². The Morgan fingerprint density at radius 3 is 2.70 bits per heavy atom. The molecule has 0 fully saturated rings. The molecular weight excluding hydrogens is 354 g/mol. The summed E-state index contributed by atoms with van der Waals surface area (Å²) in [7, 11) is 0. The van der Waals surface area contributed by atoms with E-state index in [-0.39, 0.29) is 0 Å². The number of nitrogens with one attached hydrogen (secondary N) is 1. The second kappa shape index (κ2) is 5.53. The molecule has 6 rings (SSSR count). The van der Waals surface area contributed by atoms with Crippen molar-refractivity contribution in [3.63, 3.8) is 0 Å². The summed E-state index contributed by atoms with van der Waals surface area (Å²) in [6.07, 6.45) is 1.47. The molecule has 27 heavy (non-hydrogen) atoms. The summed E-state index contributed by atoms with van der Waals surface area (Å²) >= 11 is 1.69. The van der Waals surface area contributed by atoms with Crippen LogP contribution in [-0.2, 0) is 0 Å². The number of hydrogen-bond donors (Lipinski definition) is 1. The van der Waals surface area contributed by atoms with Gasteiger partial charge in [-0.1, -0.05) is 24.3 Å². The van der Waals surface area contributed by atoms with Gasteiger partial charge < -0.3 is 9.40 Å². The molecule has 3 heterocycles. The van der Waals surface area contributed by atoms with Gasteiger partial charge in [0, 0.05) is 27.7 Å². The number of benzene rings is 3. The molecule has 128 valence electrons. The van der Waals surface area contributed by atoms with Crippen molar-refractivity contribution in [2.45, 2.75) is 0 Å². The van der Waals surface area contributed by atoms with Crippen molar-refractivity contribution >= 4 is 43.6 Å². The lowest BCUT2D eigenvalue weighted by Gasteiger charge is -1.97. The first-order valence-electron chi connectivity index (χ1n) is 8.66. The van der Waals surface area contributed by atoms with Crippen LogP contribution in [0.2, 0.25) is 0 Å². The lowest BCUT2D eigenvalue weighted by atomic mass is 10.1. The summed E-state index contributed by atoms with van der Waals surface area (Å²) in [5, 5.41) is 2.20. The van der Waals surface area contributed by atoms with Gasteiger partial charge in [-0.3, -0.25) is 0 Å². The van der Waals surface area contributed by atoms with E-state index >= 15 is 0 Å². The number of para-hydroxylation sites is 1. The first kappa shape index (κ1) is 14.7. The molecule has 3 aromatic heterocycles. The maximum Gasteiger partial charge on any atom is 0.181 e. The SMILES string of the molecule is c1ccc2[nH]c(-c3ccc4sc(-c5ccc6ocnc6c5)nc4c3)cc2c1. The highest BCUT2D eigenvalue weighted by atomic mass is 32.1. The van der Waals surface area contributed by atoms with Gasteiger partial charge in [0.15, 0.2) is 12.0 Å². The third kappa shape index (κ3) is 2.36. The molecule has 3 aromatic carbocycles. The second-order valence-electron chi connectivity index (χ2n) is 6.51. The van der Waals surface area contributed by atoms with Gasteiger partial charge in [0.1, 0.15) is 10.5 Å². The number of thiazole rings is 1. The van der Waals surface area contributed by atoms with Crippen LogP contribution in [0.3, 0.4) is 0 Å². The van der Waals surface area contributed by atoms with Crippen molar-refractivity contribution in [2.75, 3.05) is 0 Å². The van der Waals surface area contributed by atoms with Crippen LogP contribution >= 0.6 is 11.3 Å². The first-order valence-corrected chi connectivity index (χ1v) is 9.47. The van der Waals surface area contributed by atoms with Crippen LogP contribution in [0, 0.1) is 0 Å². The number of aromatic nitrogens is 3. The number of nitrogens with zero attached hydrogens (tertiary/aromatic N) is 2. The van der Waals surface area contributed by atoms with Crippen molar-refractivity contribution in [3.05, 3.63) is 73.1 Å². The molecule has 0 saturated carbocycles. The zero-order valence-corrected chi connectivity index (χ0v) is 15.0. The van der Waals surface area contributed by atoms with Crippen LogP contribution in [-0.4, -0.2) is 15.0 Å². The monoisotopic (exact) mass is 367 g/mol. The van der Waals surface area contributed by atoms with Crippen LogP contribution in [0.1, 0.15) is 0 Å². The van der Waals surface area contributed by atoms with E-state index < -0.39 is 0 Å². The van der Waals surface area contributed by atoms with Gasteiger partial charge >= 0.3 is 0 Å². The van der Waals surface area contributed by atoms with Crippen LogP contribution in [0.15, 0.2) is 77.5 Å². The van der Waals surface area contributed by atoms with Crippen molar-refractivity contribution < 1.29 is 4.42 Å². The molecule has 0 atom stereocenters. The molecular formula is C22H13N3OS. The average Bonchev–Trinajstić information content (AvgIpc) is 3.42. The fourth-order valence-corrected chi connectivity index (χ4v) is 4.38. The normalized spacial score (nSPS) is 11.7. The molecule has 0 aliphatic rings. The standard InChI is InChI=1S/C22H13N3OS/c1-2-4-16-13(3-1)9-17(24-16)14-6-8-21-19(10-14)25-22(27-21)15-5-7-20-18(11-15)23-12-26-20/h1-12,24H. The van der Waals surface area contributed by atoms with Crippen LogP contribution < -0.4 is 0 Å². The Kier molecular flexibility index (Phi) is 3.01. The van der Waals surface area contributed by atoms with E-state index in [1.807, 2.05) is 24.3 Å². The van der Waals surface area contributed by atoms with Gasteiger partial charge in [-0.2, -0.15) is 0 Å². The van der Waals surface area contributed by atoms with E-state index in [0.717, 1.165) is 44.0 Å². The predicted molar refractivity (Wildman–Crippen MR) is 110 cm³/mol. The van der Waals surface area contributed by atoms with Gasteiger partial charge in [-0.25, -0.2) is 9.97 Å². The van der Waals surface area contributed by atoms with Gasteiger partial charge in [-0.05, 0) is 42.5 Å². The van der Waals surface area contributed by atoms with E-state index in [0.29, 0.717) is 0 Å². The van der Waals surface area contributed by atoms with Crippen molar-refractivity contribution in [2.24, 2.45) is 0 Å². The summed E-state index contributed by atoms with van der Waals surface area (Å²) < 4.78 is 6.50. The summed E-state index contributed by atoms with van der Waals surface area (Å²) in [5.41, 5.74) is 7.11. The third-order valence-electron chi connectivity index (χ3n) is 4.81. The van der Waals surface area contributed by atoms with E-state index in [2.05, 4.69) is 52.4 Å². The van der Waals surface area contributed by atoms with Crippen LogP contribution in [0.5, 0.6) is 0 Å². The highest BCUT2D eigenvalue weighted by Gasteiger charge is 2.10. The van der Waals surface area contributed by atoms with E-state index in [4.69, 9.17) is 9.40 Å². The van der Waals surface area contributed by atoms with E-state index in [1.54, 1.807) is 11.3 Å². The Morgan fingerprint density at radius 2 is 1.74 bits per heavy atom. The third-order valence-corrected chi connectivity index (χ3v) is 5.89. The minimum absolute atomic E-state index is 0.793. The predicted octanol–water partition coefficient (Wildman–Crippen LogP) is 6.25. The molecule has 0 saturated heterocycles. The Morgan fingerprint density at radius 1 is 0.852 bits per heavy atom. The molecule has 6 aromatic rings. The summed E-state index contributed by atoms with van der Waals surface area (Å²) in [5.74, 6) is 0. The molecule has 4 nitrogen and oxygen atoms in total. The van der Waals surface area contributed by atoms with Crippen LogP contribution in [0.4, 0.5) is 0 Å². The number of rotatable bonds is 2. The maximum atomic E-state index is 5.33. The first-order chi connectivity index (χ1) is 13.3. The number of aromatic amines is 1. The Hall–Kier alpha value is -3.44. The largest absolute Gasteiger partial charge is 0.443 e. The summed E-state index contributed by atoms with van der Waals surface area (Å²) in [4.78, 5) is 12.6. The van der Waals surface area contributed by atoms with Gasteiger partial charge in [0.05, 0.1) is 10.2 Å². The Bertz CT molecular complexity index is 1410. The average molecular weight is 367 g/mol. The lowest BCUT2D eigenvalue weighted by molar-refractivity contribution is 0.602. The van der Waals surface area contributed by atoms with Crippen LogP contribution in [0.25, 0.3) is 54.0 Å². The number of fused-ring (bicyclic) bond motifs is 3. The Labute approximate surface area is 158 Å². The quantitative estimate of drug-likeness (QED) is 0.393. The number of oxazole rings is 1. The van der Waals surface area contributed by atoms with Gasteiger partial charge in [-0.15, -0.1) is 11.3 Å². The minimum Gasteiger partial charge on any atom is -0.443 e. The molecule has 0 aliphatic heterocycles. The van der Waals surface area contributed by atoms with E-state index in [9.17, 15) is 0 Å². The molecule has 0 unspecified atom stereocenters. The molecule has 0 aliphatic carbocycles. The second-order valence-corrected chi connectivity index (χ2v) is 7.54. The fraction of sp³-hybridized carbons (Fsp3) is 0. The number of hydrogen-bond acceptors (Lipinski definition) is 4. The van der Waals surface area contributed by atoms with Crippen molar-refractivity contribution in [3.8, 4) is 21.8 Å². The smallest absolute Gasteiger partial charge is 0.181 e. The highest BCUT2D eigenvalue weighted by Crippen LogP contribution is 2.34. The molecule has 0 amide bonds. The highest BCUT2D eigenvalue weighted by molar-refractivity contribution is 7.21. The van der Waals surface area contributed by atoms with Gasteiger partial charge in [0.2, 0.25) is 0 Å². The molecule has 0 spiro atoms.